The molecule has 124 valence electrons. The number of nitrogens with zero attached hydrogens (tertiary/aromatic N) is 2. The van der Waals surface area contributed by atoms with E-state index in [4.69, 9.17) is 4.42 Å². The lowest BCUT2D eigenvalue weighted by molar-refractivity contribution is 0.0911. The third-order valence-electron chi connectivity index (χ3n) is 3.42. The molecule has 2 heterocycles. The normalized spacial score (nSPS) is 11.5. The zero-order chi connectivity index (χ0) is 17.3. The molecule has 0 spiro atoms. The van der Waals surface area contributed by atoms with Crippen molar-refractivity contribution in [3.8, 4) is 17.1 Å². The van der Waals surface area contributed by atoms with E-state index in [0.29, 0.717) is 17.1 Å². The van der Waals surface area contributed by atoms with E-state index in [1.165, 1.54) is 0 Å². The van der Waals surface area contributed by atoms with E-state index in [1.807, 2.05) is 70.2 Å². The van der Waals surface area contributed by atoms with Gasteiger partial charge in [0.15, 0.2) is 5.76 Å². The summed E-state index contributed by atoms with van der Waals surface area (Å²) < 4.78 is 7.29. The number of amides is 1. The van der Waals surface area contributed by atoms with Crippen LogP contribution in [0.3, 0.4) is 0 Å². The molecular formula is C19H21N3O2. The van der Waals surface area contributed by atoms with Crippen LogP contribution >= 0.6 is 0 Å². The topological polar surface area (TPSA) is 60.1 Å². The van der Waals surface area contributed by atoms with Gasteiger partial charge < -0.3 is 9.73 Å². The predicted molar refractivity (Wildman–Crippen MR) is 93.2 cm³/mol. The summed E-state index contributed by atoms with van der Waals surface area (Å²) in [6.45, 7) is 7.73. The van der Waals surface area contributed by atoms with Crippen molar-refractivity contribution in [3.05, 3.63) is 60.0 Å². The van der Waals surface area contributed by atoms with Gasteiger partial charge in [-0.15, -0.1) is 0 Å². The number of rotatable bonds is 3. The second-order valence-corrected chi connectivity index (χ2v) is 6.78. The van der Waals surface area contributed by atoms with Gasteiger partial charge in [0.25, 0.3) is 5.91 Å². The van der Waals surface area contributed by atoms with Gasteiger partial charge in [-0.05, 0) is 52.0 Å². The third kappa shape index (κ3) is 3.40. The predicted octanol–water partition coefficient (Wildman–Crippen LogP) is 3.97. The fourth-order valence-electron chi connectivity index (χ4n) is 2.41. The van der Waals surface area contributed by atoms with Gasteiger partial charge in [0.1, 0.15) is 17.1 Å². The van der Waals surface area contributed by atoms with Gasteiger partial charge in [-0.25, -0.2) is 4.68 Å². The summed E-state index contributed by atoms with van der Waals surface area (Å²) in [7, 11) is 0. The monoisotopic (exact) mass is 323 g/mol. The molecule has 0 atom stereocenters. The van der Waals surface area contributed by atoms with Crippen LogP contribution < -0.4 is 5.32 Å². The summed E-state index contributed by atoms with van der Waals surface area (Å²) in [5.74, 6) is 1.28. The van der Waals surface area contributed by atoms with Crippen LogP contribution in [0.1, 0.15) is 37.0 Å². The molecule has 0 fully saturated rings. The zero-order valence-corrected chi connectivity index (χ0v) is 14.3. The van der Waals surface area contributed by atoms with Crippen LogP contribution in [0, 0.1) is 6.92 Å². The number of carbonyl (C=O) groups excluding carboxylic acids is 1. The molecule has 0 aliphatic rings. The number of furan rings is 1. The van der Waals surface area contributed by atoms with Crippen molar-refractivity contribution in [1.82, 2.24) is 15.1 Å². The molecule has 0 bridgehead atoms. The molecule has 3 aromatic rings. The van der Waals surface area contributed by atoms with Gasteiger partial charge in [-0.1, -0.05) is 18.2 Å². The molecule has 2 aromatic heterocycles. The minimum absolute atomic E-state index is 0.173. The van der Waals surface area contributed by atoms with Gasteiger partial charge in [-0.3, -0.25) is 4.79 Å². The lowest BCUT2D eigenvalue weighted by atomic mass is 10.1. The highest BCUT2D eigenvalue weighted by atomic mass is 16.3. The highest BCUT2D eigenvalue weighted by Crippen LogP contribution is 2.24. The van der Waals surface area contributed by atoms with Crippen molar-refractivity contribution < 1.29 is 9.21 Å². The van der Waals surface area contributed by atoms with Gasteiger partial charge in [-0.2, -0.15) is 5.10 Å². The Kier molecular flexibility index (Phi) is 4.01. The molecule has 24 heavy (non-hydrogen) atoms. The van der Waals surface area contributed by atoms with E-state index in [2.05, 4.69) is 10.4 Å². The quantitative estimate of drug-likeness (QED) is 0.793. The van der Waals surface area contributed by atoms with E-state index >= 15 is 0 Å². The maximum absolute atomic E-state index is 12.7. The number of para-hydroxylation sites is 1. The fourth-order valence-corrected chi connectivity index (χ4v) is 2.41. The SMILES string of the molecule is Cc1ccc(-c2cc(C(=O)NC(C)(C)C)n(-c3ccccc3)n2)o1. The number of hydrogen-bond acceptors (Lipinski definition) is 3. The highest BCUT2D eigenvalue weighted by molar-refractivity contribution is 5.94. The molecule has 0 aliphatic heterocycles. The zero-order valence-electron chi connectivity index (χ0n) is 14.3. The molecule has 0 saturated heterocycles. The first kappa shape index (κ1) is 16.1. The van der Waals surface area contributed by atoms with Crippen LogP contribution in [0.4, 0.5) is 0 Å². The molecule has 1 amide bonds. The van der Waals surface area contributed by atoms with Crippen molar-refractivity contribution in [2.45, 2.75) is 33.2 Å². The van der Waals surface area contributed by atoms with Crippen LogP contribution in [0.5, 0.6) is 0 Å². The van der Waals surface area contributed by atoms with Crippen LogP contribution in [0.2, 0.25) is 0 Å². The molecule has 1 N–H and O–H groups in total. The van der Waals surface area contributed by atoms with Gasteiger partial charge in [0.2, 0.25) is 0 Å². The maximum atomic E-state index is 12.7. The minimum atomic E-state index is -0.329. The Labute approximate surface area is 141 Å². The maximum Gasteiger partial charge on any atom is 0.270 e. The average Bonchev–Trinajstić information content (AvgIpc) is 3.12. The molecule has 5 heteroatoms. The second-order valence-electron chi connectivity index (χ2n) is 6.78. The number of nitrogens with one attached hydrogen (secondary N) is 1. The summed E-state index contributed by atoms with van der Waals surface area (Å²) >= 11 is 0. The standard InChI is InChI=1S/C19H21N3O2/c1-13-10-11-17(24-13)15-12-16(18(23)20-19(2,3)4)22(21-15)14-8-6-5-7-9-14/h5-12H,1-4H3,(H,20,23). The molecule has 1 aromatic carbocycles. The lowest BCUT2D eigenvalue weighted by Crippen LogP contribution is -2.41. The highest BCUT2D eigenvalue weighted by Gasteiger charge is 2.22. The van der Waals surface area contributed by atoms with Gasteiger partial charge in [0.05, 0.1) is 5.69 Å². The van der Waals surface area contributed by atoms with Crippen LogP contribution in [0.25, 0.3) is 17.1 Å². The first-order valence-corrected chi connectivity index (χ1v) is 7.88. The number of hydrogen-bond donors (Lipinski definition) is 1. The Morgan fingerprint density at radius 1 is 1.12 bits per heavy atom. The summed E-state index contributed by atoms with van der Waals surface area (Å²) in [6.07, 6.45) is 0. The summed E-state index contributed by atoms with van der Waals surface area (Å²) in [6, 6.07) is 15.1. The molecule has 0 aliphatic carbocycles. The Hall–Kier alpha value is -2.82. The first-order chi connectivity index (χ1) is 11.3. The molecule has 5 nitrogen and oxygen atoms in total. The number of carbonyl (C=O) groups is 1. The second kappa shape index (κ2) is 6.00. The molecule has 0 unspecified atom stereocenters. The van der Waals surface area contributed by atoms with Crippen LogP contribution in [-0.2, 0) is 0 Å². The Bertz CT molecular complexity index is 854. The smallest absolute Gasteiger partial charge is 0.270 e. The van der Waals surface area contributed by atoms with Crippen molar-refractivity contribution in [3.63, 3.8) is 0 Å². The molecule has 0 radical (unpaired) electrons. The number of aromatic nitrogens is 2. The van der Waals surface area contributed by atoms with E-state index in [1.54, 1.807) is 10.7 Å². The van der Waals surface area contributed by atoms with Crippen molar-refractivity contribution >= 4 is 5.91 Å². The van der Waals surface area contributed by atoms with E-state index in [9.17, 15) is 4.79 Å². The number of benzene rings is 1. The molecule has 0 saturated carbocycles. The first-order valence-electron chi connectivity index (χ1n) is 7.88. The third-order valence-corrected chi connectivity index (χ3v) is 3.42. The van der Waals surface area contributed by atoms with E-state index in [-0.39, 0.29) is 11.4 Å². The lowest BCUT2D eigenvalue weighted by Gasteiger charge is -2.20. The Morgan fingerprint density at radius 2 is 1.83 bits per heavy atom. The van der Waals surface area contributed by atoms with Crippen molar-refractivity contribution in [1.29, 1.82) is 0 Å². The van der Waals surface area contributed by atoms with Gasteiger partial charge in [0, 0.05) is 11.6 Å². The molecule has 3 rings (SSSR count). The largest absolute Gasteiger partial charge is 0.460 e. The Balaban J connectivity index is 2.08. The van der Waals surface area contributed by atoms with Crippen molar-refractivity contribution in [2.24, 2.45) is 0 Å². The van der Waals surface area contributed by atoms with Crippen molar-refractivity contribution in [2.75, 3.05) is 0 Å². The Morgan fingerprint density at radius 3 is 2.42 bits per heavy atom. The summed E-state index contributed by atoms with van der Waals surface area (Å²) in [5, 5.41) is 7.56. The number of aryl methyl sites for hydroxylation is 1. The summed E-state index contributed by atoms with van der Waals surface area (Å²) in [5.41, 5.74) is 1.60. The van der Waals surface area contributed by atoms with Crippen LogP contribution in [-0.4, -0.2) is 21.2 Å². The summed E-state index contributed by atoms with van der Waals surface area (Å²) in [4.78, 5) is 12.7. The van der Waals surface area contributed by atoms with Gasteiger partial charge >= 0.3 is 0 Å². The van der Waals surface area contributed by atoms with Crippen LogP contribution in [0.15, 0.2) is 52.9 Å². The fraction of sp³-hybridized carbons (Fsp3) is 0.263. The van der Waals surface area contributed by atoms with E-state index in [0.717, 1.165) is 11.4 Å². The van der Waals surface area contributed by atoms with E-state index < -0.39 is 0 Å². The molecular weight excluding hydrogens is 302 g/mol. The minimum Gasteiger partial charge on any atom is -0.460 e. The average molecular weight is 323 g/mol.